The molecule has 4 rings (SSSR count). The molecule has 2 heterocycles. The van der Waals surface area contributed by atoms with Crippen molar-refractivity contribution in [3.63, 3.8) is 0 Å². The number of ether oxygens (including phenoxy) is 2. The molecule has 10 nitrogen and oxygen atoms in total. The molecule has 0 unspecified atom stereocenters. The molecular formula is C24H25F3N6O4. The van der Waals surface area contributed by atoms with Crippen molar-refractivity contribution in [3.8, 4) is 22.9 Å². The number of alkyl halides is 3. The van der Waals surface area contributed by atoms with Crippen LogP contribution in [0.5, 0.6) is 11.5 Å². The Morgan fingerprint density at radius 3 is 2.54 bits per heavy atom. The molecule has 0 radical (unpaired) electrons. The van der Waals surface area contributed by atoms with E-state index >= 15 is 0 Å². The number of anilines is 1. The molecule has 3 aromatic rings. The zero-order valence-corrected chi connectivity index (χ0v) is 19.9. The normalized spacial score (nSPS) is 13.5. The summed E-state index contributed by atoms with van der Waals surface area (Å²) in [4.78, 5) is 34.1. The number of benzene rings is 1. The summed E-state index contributed by atoms with van der Waals surface area (Å²) in [5.74, 6) is 0.402. The van der Waals surface area contributed by atoms with Crippen LogP contribution in [0.1, 0.15) is 32.1 Å². The van der Waals surface area contributed by atoms with Gasteiger partial charge in [0.15, 0.2) is 11.6 Å². The van der Waals surface area contributed by atoms with Crippen LogP contribution in [0.3, 0.4) is 0 Å². The fraction of sp³-hybridized carbons (Fsp3) is 0.333. The Labute approximate surface area is 210 Å². The molecule has 2 aromatic heterocycles. The van der Waals surface area contributed by atoms with Crippen molar-refractivity contribution >= 4 is 17.5 Å². The number of methoxy groups -OCH3 is 1. The van der Waals surface area contributed by atoms with Crippen molar-refractivity contribution in [1.29, 1.82) is 0 Å². The smallest absolute Gasteiger partial charge is 0.495 e. The van der Waals surface area contributed by atoms with Gasteiger partial charge in [-0.3, -0.25) is 4.98 Å². The third-order valence-electron chi connectivity index (χ3n) is 5.25. The Bertz CT molecular complexity index is 1170. The molecular weight excluding hydrogens is 493 g/mol. The number of aromatic nitrogens is 3. The average molecular weight is 518 g/mol. The van der Waals surface area contributed by atoms with Crippen LogP contribution in [-0.2, 0) is 0 Å². The molecule has 196 valence electrons. The van der Waals surface area contributed by atoms with E-state index < -0.39 is 18.1 Å². The molecule has 1 aromatic carbocycles. The predicted molar refractivity (Wildman–Crippen MR) is 129 cm³/mol. The molecule has 1 saturated carbocycles. The molecule has 1 aliphatic rings. The molecule has 1 fully saturated rings. The zero-order valence-electron chi connectivity index (χ0n) is 19.9. The number of pyridine rings is 1. The maximum Gasteiger partial charge on any atom is 0.573 e. The number of hydrogen-bond donors (Lipinski definition) is 2. The highest BCUT2D eigenvalue weighted by molar-refractivity contribution is 5.91. The van der Waals surface area contributed by atoms with E-state index in [4.69, 9.17) is 4.74 Å². The number of halogens is 3. The Hall–Kier alpha value is -4.29. The number of hydrogen-bond acceptors (Lipinski definition) is 8. The summed E-state index contributed by atoms with van der Waals surface area (Å²) in [6.45, 7) is 0. The van der Waals surface area contributed by atoms with Gasteiger partial charge in [0, 0.05) is 42.3 Å². The maximum atomic E-state index is 12.3. The van der Waals surface area contributed by atoms with E-state index in [1.165, 1.54) is 25.4 Å². The van der Waals surface area contributed by atoms with Crippen molar-refractivity contribution in [1.82, 2.24) is 20.3 Å². The fourth-order valence-electron chi connectivity index (χ4n) is 3.61. The summed E-state index contributed by atoms with van der Waals surface area (Å²) in [5.41, 5.74) is 0.876. The van der Waals surface area contributed by atoms with E-state index in [2.05, 4.69) is 35.5 Å². The van der Waals surface area contributed by atoms with Crippen LogP contribution in [0, 0.1) is 4.91 Å². The van der Waals surface area contributed by atoms with Crippen molar-refractivity contribution in [2.75, 3.05) is 12.4 Å². The van der Waals surface area contributed by atoms with Crippen molar-refractivity contribution in [3.05, 3.63) is 59.9 Å². The zero-order chi connectivity index (χ0) is 26.7. The van der Waals surface area contributed by atoms with E-state index in [1.807, 2.05) is 6.07 Å². The number of carbonyl (C=O) groups is 1. The van der Waals surface area contributed by atoms with E-state index in [0.717, 1.165) is 49.8 Å². The Morgan fingerprint density at radius 1 is 1.11 bits per heavy atom. The van der Waals surface area contributed by atoms with Crippen molar-refractivity contribution in [2.45, 2.75) is 44.5 Å². The lowest BCUT2D eigenvalue weighted by Crippen LogP contribution is -2.39. The fourth-order valence-corrected chi connectivity index (χ4v) is 3.61. The summed E-state index contributed by atoms with van der Waals surface area (Å²) in [7, 11) is 1.36. The van der Waals surface area contributed by atoms with Gasteiger partial charge >= 0.3 is 12.4 Å². The minimum atomic E-state index is -4.80. The summed E-state index contributed by atoms with van der Waals surface area (Å²) >= 11 is 0. The lowest BCUT2D eigenvalue weighted by molar-refractivity contribution is -0.274. The van der Waals surface area contributed by atoms with Crippen LogP contribution < -0.4 is 20.1 Å². The number of carbonyl (C=O) groups excluding carboxylic acids is 1. The number of amides is 2. The molecule has 0 aliphatic heterocycles. The summed E-state index contributed by atoms with van der Waals surface area (Å²) in [5, 5.41) is 8.07. The topological polar surface area (TPSA) is 128 Å². The molecule has 37 heavy (non-hydrogen) atoms. The average Bonchev–Trinajstić information content (AvgIpc) is 2.89. The van der Waals surface area contributed by atoms with Crippen LogP contribution in [-0.4, -0.2) is 40.5 Å². The third kappa shape index (κ3) is 9.02. The van der Waals surface area contributed by atoms with Gasteiger partial charge in [-0.2, -0.15) is 0 Å². The first-order valence-electron chi connectivity index (χ1n) is 11.4. The molecule has 2 amide bonds. The highest BCUT2D eigenvalue weighted by Crippen LogP contribution is 2.32. The maximum absolute atomic E-state index is 12.3. The van der Waals surface area contributed by atoms with E-state index in [-0.39, 0.29) is 23.3 Å². The minimum absolute atomic E-state index is 0.0874. The van der Waals surface area contributed by atoms with Gasteiger partial charge in [-0.05, 0) is 42.3 Å². The second-order valence-corrected chi connectivity index (χ2v) is 7.91. The number of rotatable bonds is 6. The van der Waals surface area contributed by atoms with Crippen molar-refractivity contribution in [2.24, 2.45) is 5.18 Å². The van der Waals surface area contributed by atoms with Crippen LogP contribution in [0.4, 0.5) is 29.5 Å². The number of nitrogens with zero attached hydrogens (tertiary/aromatic N) is 4. The summed E-state index contributed by atoms with van der Waals surface area (Å²) in [6.07, 6.45) is 5.07. The van der Waals surface area contributed by atoms with Crippen LogP contribution >= 0.6 is 0 Å². The highest BCUT2D eigenvalue weighted by Gasteiger charge is 2.31. The monoisotopic (exact) mass is 518 g/mol. The molecule has 0 atom stereocenters. The number of urea groups is 1. The lowest BCUT2D eigenvalue weighted by Gasteiger charge is -2.23. The summed E-state index contributed by atoms with van der Waals surface area (Å²) in [6, 6.07) is 8.16. The van der Waals surface area contributed by atoms with Crippen LogP contribution in [0.2, 0.25) is 0 Å². The molecule has 13 heteroatoms. The predicted octanol–water partition coefficient (Wildman–Crippen LogP) is 5.98. The van der Waals surface area contributed by atoms with E-state index in [9.17, 15) is 22.9 Å². The van der Waals surface area contributed by atoms with Crippen LogP contribution in [0.15, 0.2) is 60.2 Å². The van der Waals surface area contributed by atoms with Gasteiger partial charge in [0.25, 0.3) is 0 Å². The first-order chi connectivity index (χ1) is 17.8. The van der Waals surface area contributed by atoms with E-state index in [1.54, 1.807) is 18.5 Å². The molecule has 1 aliphatic carbocycles. The molecule has 2 N–H and O–H groups in total. The van der Waals surface area contributed by atoms with Gasteiger partial charge in [0.2, 0.25) is 0 Å². The van der Waals surface area contributed by atoms with Gasteiger partial charge in [-0.1, -0.05) is 19.3 Å². The third-order valence-corrected chi connectivity index (χ3v) is 5.25. The second-order valence-electron chi connectivity index (χ2n) is 7.91. The van der Waals surface area contributed by atoms with Gasteiger partial charge in [-0.25, -0.2) is 14.8 Å². The van der Waals surface area contributed by atoms with Gasteiger partial charge in [0.05, 0.1) is 12.8 Å². The minimum Gasteiger partial charge on any atom is -0.495 e. The SMILES string of the molecule is COc1ccc(OC(F)(F)F)cc1NC(=O)NC1CCCCC1.O=Nc1ccnc(-c2cccnc2)n1. The molecule has 0 saturated heterocycles. The molecule has 0 spiro atoms. The Kier molecular flexibility index (Phi) is 9.69. The Morgan fingerprint density at radius 2 is 1.89 bits per heavy atom. The Balaban J connectivity index is 0.000000231. The summed E-state index contributed by atoms with van der Waals surface area (Å²) < 4.78 is 45.7. The number of nitrogens with one attached hydrogen (secondary N) is 2. The first kappa shape index (κ1) is 27.3. The lowest BCUT2D eigenvalue weighted by atomic mass is 9.96. The number of nitroso groups, excluding NO2 is 1. The van der Waals surface area contributed by atoms with Crippen molar-refractivity contribution < 1.29 is 27.4 Å². The molecule has 0 bridgehead atoms. The van der Waals surface area contributed by atoms with Crippen LogP contribution in [0.25, 0.3) is 11.4 Å². The largest absolute Gasteiger partial charge is 0.573 e. The van der Waals surface area contributed by atoms with E-state index in [0.29, 0.717) is 5.82 Å². The van der Waals surface area contributed by atoms with Gasteiger partial charge in [0.1, 0.15) is 11.5 Å². The van der Waals surface area contributed by atoms with Gasteiger partial charge in [-0.15, -0.1) is 18.1 Å². The second kappa shape index (κ2) is 13.1. The highest BCUT2D eigenvalue weighted by atomic mass is 19.4. The quantitative estimate of drug-likeness (QED) is 0.384. The standard InChI is InChI=1S/C15H19F3N2O3.C9H6N4O/c1-22-13-8-7-11(23-15(16,17)18)9-12(13)20-14(21)19-10-5-3-2-4-6-10;14-13-8-3-5-11-9(12-8)7-2-1-4-10-6-7/h7-10H,2-6H2,1H3,(H2,19,20,21);1-6H. The van der Waals surface area contributed by atoms with Gasteiger partial charge < -0.3 is 20.1 Å². The first-order valence-corrected chi connectivity index (χ1v) is 11.4.